The average molecular weight is 251 g/mol. The molecule has 1 aromatic carbocycles. The summed E-state index contributed by atoms with van der Waals surface area (Å²) in [5.74, 6) is 0.733. The number of benzene rings is 1. The zero-order valence-electron chi connectivity index (χ0n) is 11.2. The Morgan fingerprint density at radius 2 is 1.89 bits per heavy atom. The second-order valence-corrected chi connectivity index (χ2v) is 5.04. The average Bonchev–Trinajstić information content (AvgIpc) is 2.66. The molecule has 3 heteroatoms. The van der Waals surface area contributed by atoms with Crippen LogP contribution in [0, 0.1) is 13.8 Å². The highest BCUT2D eigenvalue weighted by atomic mass is 15.1. The van der Waals surface area contributed by atoms with E-state index in [0.29, 0.717) is 0 Å². The number of nitrogens with zero attached hydrogens (tertiary/aromatic N) is 2. The van der Waals surface area contributed by atoms with Crippen LogP contribution in [-0.4, -0.2) is 9.38 Å². The standard InChI is InChI=1S/C16H17N3/c1-11-4-3-5-13(8-11)10-14-16(17)19-7-6-12(2)9-15(19)18-14/h3-9H,10,17H2,1-2H3. The largest absolute Gasteiger partial charge is 0.383 e. The lowest BCUT2D eigenvalue weighted by molar-refractivity contribution is 1.11. The van der Waals surface area contributed by atoms with Crippen LogP contribution in [0.5, 0.6) is 0 Å². The molecule has 19 heavy (non-hydrogen) atoms. The SMILES string of the molecule is Cc1cccc(Cc2nc3cc(C)ccn3c2N)c1. The first kappa shape index (κ1) is 11.8. The molecule has 0 atom stereocenters. The summed E-state index contributed by atoms with van der Waals surface area (Å²) in [6.45, 7) is 4.16. The Morgan fingerprint density at radius 3 is 2.68 bits per heavy atom. The molecule has 0 bridgehead atoms. The number of nitrogen functional groups attached to an aromatic ring is 1. The molecule has 3 rings (SSSR count). The summed E-state index contributed by atoms with van der Waals surface area (Å²) in [5.41, 5.74) is 11.7. The third-order valence-electron chi connectivity index (χ3n) is 3.35. The van der Waals surface area contributed by atoms with Gasteiger partial charge in [0.2, 0.25) is 0 Å². The third-order valence-corrected chi connectivity index (χ3v) is 3.35. The molecule has 3 nitrogen and oxygen atoms in total. The molecule has 2 aromatic heterocycles. The lowest BCUT2D eigenvalue weighted by Crippen LogP contribution is -1.97. The Morgan fingerprint density at radius 1 is 1.11 bits per heavy atom. The minimum atomic E-state index is 0.733. The van der Waals surface area contributed by atoms with Gasteiger partial charge in [-0.2, -0.15) is 0 Å². The molecule has 0 amide bonds. The second-order valence-electron chi connectivity index (χ2n) is 5.04. The zero-order chi connectivity index (χ0) is 13.4. The Balaban J connectivity index is 2.03. The van der Waals surface area contributed by atoms with Crippen molar-refractivity contribution in [3.8, 4) is 0 Å². The van der Waals surface area contributed by atoms with Crippen LogP contribution in [0.2, 0.25) is 0 Å². The van der Waals surface area contributed by atoms with E-state index in [0.717, 1.165) is 23.6 Å². The molecule has 0 aliphatic rings. The van der Waals surface area contributed by atoms with E-state index in [9.17, 15) is 0 Å². The molecule has 2 heterocycles. The fourth-order valence-electron chi connectivity index (χ4n) is 2.36. The van der Waals surface area contributed by atoms with Gasteiger partial charge in [0.05, 0.1) is 5.69 Å². The van der Waals surface area contributed by atoms with Gasteiger partial charge in [-0.1, -0.05) is 29.8 Å². The molecule has 2 N–H and O–H groups in total. The maximum absolute atomic E-state index is 6.18. The van der Waals surface area contributed by atoms with Crippen molar-refractivity contribution in [3.63, 3.8) is 0 Å². The molecule has 0 saturated heterocycles. The summed E-state index contributed by atoms with van der Waals surface area (Å²) < 4.78 is 1.94. The number of aryl methyl sites for hydroxylation is 2. The summed E-state index contributed by atoms with van der Waals surface area (Å²) in [6.07, 6.45) is 2.75. The molecule has 0 aliphatic heterocycles. The topological polar surface area (TPSA) is 43.3 Å². The van der Waals surface area contributed by atoms with Gasteiger partial charge in [0.15, 0.2) is 0 Å². The van der Waals surface area contributed by atoms with Crippen molar-refractivity contribution in [1.82, 2.24) is 9.38 Å². The molecular formula is C16H17N3. The molecular weight excluding hydrogens is 234 g/mol. The zero-order valence-corrected chi connectivity index (χ0v) is 11.2. The first-order valence-corrected chi connectivity index (χ1v) is 6.42. The van der Waals surface area contributed by atoms with E-state index in [-0.39, 0.29) is 0 Å². The number of pyridine rings is 1. The molecule has 0 radical (unpaired) electrons. The van der Waals surface area contributed by atoms with E-state index >= 15 is 0 Å². The van der Waals surface area contributed by atoms with E-state index in [1.54, 1.807) is 0 Å². The van der Waals surface area contributed by atoms with E-state index < -0.39 is 0 Å². The summed E-state index contributed by atoms with van der Waals surface area (Å²) in [5, 5.41) is 0. The fraction of sp³-hybridized carbons (Fsp3) is 0.188. The summed E-state index contributed by atoms with van der Waals surface area (Å²) in [7, 11) is 0. The molecule has 0 saturated carbocycles. The number of hydrogen-bond acceptors (Lipinski definition) is 2. The van der Waals surface area contributed by atoms with Gasteiger partial charge in [0, 0.05) is 12.6 Å². The number of aromatic nitrogens is 2. The highest BCUT2D eigenvalue weighted by molar-refractivity contribution is 5.54. The lowest BCUT2D eigenvalue weighted by atomic mass is 10.1. The van der Waals surface area contributed by atoms with E-state index in [1.165, 1.54) is 16.7 Å². The van der Waals surface area contributed by atoms with Crippen LogP contribution >= 0.6 is 0 Å². The van der Waals surface area contributed by atoms with Crippen molar-refractivity contribution in [2.75, 3.05) is 5.73 Å². The second kappa shape index (κ2) is 4.43. The van der Waals surface area contributed by atoms with Crippen LogP contribution in [0.3, 0.4) is 0 Å². The number of hydrogen-bond donors (Lipinski definition) is 1. The summed E-state index contributed by atoms with van der Waals surface area (Å²) in [6, 6.07) is 12.6. The van der Waals surface area contributed by atoms with Crippen molar-refractivity contribution >= 4 is 11.5 Å². The Labute approximate surface area is 112 Å². The maximum Gasteiger partial charge on any atom is 0.138 e. The Hall–Kier alpha value is -2.29. The minimum absolute atomic E-state index is 0.733. The van der Waals surface area contributed by atoms with Crippen LogP contribution in [0.4, 0.5) is 5.82 Å². The van der Waals surface area contributed by atoms with Crippen molar-refractivity contribution in [2.24, 2.45) is 0 Å². The first-order valence-electron chi connectivity index (χ1n) is 6.42. The lowest BCUT2D eigenvalue weighted by Gasteiger charge is -2.01. The summed E-state index contributed by atoms with van der Waals surface area (Å²) in [4.78, 5) is 4.64. The van der Waals surface area contributed by atoms with Crippen LogP contribution in [-0.2, 0) is 6.42 Å². The molecule has 0 fully saturated rings. The number of rotatable bonds is 2. The monoisotopic (exact) mass is 251 g/mol. The van der Waals surface area contributed by atoms with Crippen molar-refractivity contribution < 1.29 is 0 Å². The van der Waals surface area contributed by atoms with Crippen molar-refractivity contribution in [3.05, 3.63) is 65.0 Å². The number of fused-ring (bicyclic) bond motifs is 1. The molecule has 0 aliphatic carbocycles. The van der Waals surface area contributed by atoms with Gasteiger partial charge >= 0.3 is 0 Å². The van der Waals surface area contributed by atoms with Gasteiger partial charge in [0.1, 0.15) is 11.5 Å². The predicted octanol–water partition coefficient (Wildman–Crippen LogP) is 3.12. The van der Waals surface area contributed by atoms with E-state index in [1.807, 2.05) is 16.7 Å². The number of anilines is 1. The van der Waals surface area contributed by atoms with Gasteiger partial charge in [-0.05, 0) is 37.1 Å². The van der Waals surface area contributed by atoms with Gasteiger partial charge in [0.25, 0.3) is 0 Å². The number of nitrogens with two attached hydrogens (primary N) is 1. The first-order chi connectivity index (χ1) is 9.13. The van der Waals surface area contributed by atoms with Crippen molar-refractivity contribution in [1.29, 1.82) is 0 Å². The van der Waals surface area contributed by atoms with E-state index in [4.69, 9.17) is 5.73 Å². The predicted molar refractivity (Wildman–Crippen MR) is 78.3 cm³/mol. The minimum Gasteiger partial charge on any atom is -0.383 e. The molecule has 3 aromatic rings. The quantitative estimate of drug-likeness (QED) is 0.760. The fourth-order valence-corrected chi connectivity index (χ4v) is 2.36. The molecule has 0 spiro atoms. The normalized spacial score (nSPS) is 11.1. The Bertz CT molecular complexity index is 741. The van der Waals surface area contributed by atoms with Crippen LogP contribution in [0.15, 0.2) is 42.6 Å². The smallest absolute Gasteiger partial charge is 0.138 e. The van der Waals surface area contributed by atoms with Gasteiger partial charge in [-0.15, -0.1) is 0 Å². The highest BCUT2D eigenvalue weighted by Gasteiger charge is 2.09. The maximum atomic E-state index is 6.18. The van der Waals surface area contributed by atoms with Gasteiger partial charge < -0.3 is 5.73 Å². The van der Waals surface area contributed by atoms with Gasteiger partial charge in [-0.25, -0.2) is 4.98 Å². The van der Waals surface area contributed by atoms with Crippen molar-refractivity contribution in [2.45, 2.75) is 20.3 Å². The third kappa shape index (κ3) is 2.19. The van der Waals surface area contributed by atoms with E-state index in [2.05, 4.69) is 49.2 Å². The Kier molecular flexibility index (Phi) is 2.75. The number of imidazole rings is 1. The van der Waals surface area contributed by atoms with Crippen LogP contribution in [0.25, 0.3) is 5.65 Å². The molecule has 96 valence electrons. The highest BCUT2D eigenvalue weighted by Crippen LogP contribution is 2.19. The molecule has 0 unspecified atom stereocenters. The van der Waals surface area contributed by atoms with Crippen LogP contribution in [0.1, 0.15) is 22.4 Å². The van der Waals surface area contributed by atoms with Gasteiger partial charge in [-0.3, -0.25) is 4.40 Å². The summed E-state index contributed by atoms with van der Waals surface area (Å²) >= 11 is 0. The van der Waals surface area contributed by atoms with Crippen LogP contribution < -0.4 is 5.73 Å².